The molecule has 2 rings (SSSR count). The minimum atomic E-state index is -2.16. The van der Waals surface area contributed by atoms with E-state index < -0.39 is 35.5 Å². The first kappa shape index (κ1) is 16.9. The van der Waals surface area contributed by atoms with Crippen LogP contribution in [0.1, 0.15) is 19.8 Å². The van der Waals surface area contributed by atoms with Crippen molar-refractivity contribution in [3.05, 3.63) is 0 Å². The van der Waals surface area contributed by atoms with Gasteiger partial charge in [0.2, 0.25) is 0 Å². The average Bonchev–Trinajstić information content (AvgIpc) is 2.85. The number of hydrogen-bond acceptors (Lipinski definition) is 7. The van der Waals surface area contributed by atoms with E-state index in [4.69, 9.17) is 9.57 Å². The number of rotatable bonds is 3. The van der Waals surface area contributed by atoms with Crippen molar-refractivity contribution < 1.29 is 63.7 Å². The average molecular weight is 294 g/mol. The molecule has 1 amide bonds. The van der Waals surface area contributed by atoms with E-state index in [0.717, 1.165) is 0 Å². The summed E-state index contributed by atoms with van der Waals surface area (Å²) >= 11 is 0. The number of nitrogens with zero attached hydrogens (tertiary/aromatic N) is 2. The van der Waals surface area contributed by atoms with Gasteiger partial charge in [-0.3, -0.25) is 19.4 Å². The fourth-order valence-corrected chi connectivity index (χ4v) is 1.95. The summed E-state index contributed by atoms with van der Waals surface area (Å²) in [5.74, 6) is -3.62. The monoisotopic (exact) mass is 294 g/mol. The molecule has 2 atom stereocenters. The molecule has 0 aromatic carbocycles. The van der Waals surface area contributed by atoms with Crippen LogP contribution in [-0.2, 0) is 24.0 Å². The van der Waals surface area contributed by atoms with Crippen LogP contribution in [0.2, 0.25) is 0 Å². The van der Waals surface area contributed by atoms with Crippen molar-refractivity contribution in [2.24, 2.45) is 4.99 Å². The zero-order valence-electron chi connectivity index (χ0n) is 11.0. The number of carboxylic acid groups (broad SMARTS) is 1. The number of hydroxylamine groups is 2. The molecule has 2 heterocycles. The smallest absolute Gasteiger partial charge is 0.862 e. The fraction of sp³-hybridized carbons (Fsp3) is 0.600. The largest absolute Gasteiger partial charge is 1.00 e. The van der Waals surface area contributed by atoms with Crippen molar-refractivity contribution in [3.8, 4) is 0 Å². The Kier molecular flexibility index (Phi) is 5.14. The van der Waals surface area contributed by atoms with Gasteiger partial charge in [0.1, 0.15) is 6.61 Å². The van der Waals surface area contributed by atoms with Gasteiger partial charge in [0.25, 0.3) is 5.91 Å². The molecule has 0 saturated carbocycles. The van der Waals surface area contributed by atoms with Gasteiger partial charge < -0.3 is 14.9 Å². The molecule has 9 nitrogen and oxygen atoms in total. The molecule has 2 unspecified atom stereocenters. The second kappa shape index (κ2) is 6.08. The Morgan fingerprint density at radius 1 is 1.55 bits per heavy atom. The minimum Gasteiger partial charge on any atom is -0.862 e. The SMILES string of the molecule is CC([O-])=NC1CON(C2(C(=O)O)CCC(=O)O2)C1=O.[Na+]. The number of carbonyl (C=O) groups is 3. The van der Waals surface area contributed by atoms with Gasteiger partial charge >= 0.3 is 47.2 Å². The molecule has 2 aliphatic rings. The Hall–Kier alpha value is -1.16. The molecule has 10 heteroatoms. The summed E-state index contributed by atoms with van der Waals surface area (Å²) in [6, 6.07) is -1.10. The Labute approximate surface area is 135 Å². The molecule has 2 aliphatic heterocycles. The number of carbonyl (C=O) groups excluding carboxylic acids is 2. The quantitative estimate of drug-likeness (QED) is 0.239. The normalized spacial score (nSPS) is 30.1. The van der Waals surface area contributed by atoms with Gasteiger partial charge in [-0.25, -0.2) is 4.79 Å². The summed E-state index contributed by atoms with van der Waals surface area (Å²) in [5.41, 5.74) is -2.16. The second-order valence-corrected chi connectivity index (χ2v) is 4.16. The van der Waals surface area contributed by atoms with Gasteiger partial charge in [0.15, 0.2) is 6.04 Å². The van der Waals surface area contributed by atoms with Gasteiger partial charge in [0.05, 0.1) is 6.42 Å². The number of hydrogen-bond donors (Lipinski definition) is 1. The first-order valence-electron chi connectivity index (χ1n) is 5.50. The van der Waals surface area contributed by atoms with Gasteiger partial charge in [0, 0.05) is 6.42 Å². The maximum Gasteiger partial charge on any atom is 1.00 e. The number of aliphatic imine (C=N–C) groups is 1. The Balaban J connectivity index is 0.00000200. The first-order valence-corrected chi connectivity index (χ1v) is 5.50. The number of amides is 1. The van der Waals surface area contributed by atoms with E-state index in [1.807, 2.05) is 0 Å². The van der Waals surface area contributed by atoms with E-state index in [1.54, 1.807) is 0 Å². The van der Waals surface area contributed by atoms with Crippen LogP contribution < -0.4 is 34.7 Å². The van der Waals surface area contributed by atoms with Gasteiger partial charge in [-0.2, -0.15) is 5.06 Å². The molecule has 2 saturated heterocycles. The van der Waals surface area contributed by atoms with Gasteiger partial charge in [-0.1, -0.05) is 0 Å². The predicted octanol–water partition coefficient (Wildman–Crippen LogP) is -4.97. The zero-order valence-corrected chi connectivity index (χ0v) is 13.0. The van der Waals surface area contributed by atoms with Crippen LogP contribution >= 0.6 is 0 Å². The van der Waals surface area contributed by atoms with E-state index in [2.05, 4.69) is 4.99 Å². The molecule has 104 valence electrons. The number of cyclic esters (lactones) is 1. The summed E-state index contributed by atoms with van der Waals surface area (Å²) in [5, 5.41) is 20.5. The van der Waals surface area contributed by atoms with Crippen molar-refractivity contribution in [2.45, 2.75) is 31.5 Å². The molecule has 0 aromatic rings. The summed E-state index contributed by atoms with van der Waals surface area (Å²) in [7, 11) is 0. The molecule has 0 bridgehead atoms. The van der Waals surface area contributed by atoms with Crippen LogP contribution in [0.15, 0.2) is 4.99 Å². The molecule has 1 N–H and O–H groups in total. The van der Waals surface area contributed by atoms with Gasteiger partial charge in [-0.05, 0) is 12.8 Å². The Bertz CT molecular complexity index is 476. The van der Waals surface area contributed by atoms with Crippen molar-refractivity contribution in [3.63, 3.8) is 0 Å². The standard InChI is InChI=1S/C10H12N2O7.Na/c1-5(13)11-6-4-18-12(8(6)15)10(9(16)17)3-2-7(14)19-10;/h6H,2-4H2,1H3,(H,11,13)(H,16,17);/q;+1/p-1. The Morgan fingerprint density at radius 3 is 2.65 bits per heavy atom. The molecular formula is C10H11N2NaO7. The maximum atomic E-state index is 11.9. The molecule has 2 fully saturated rings. The molecule has 0 aliphatic carbocycles. The van der Waals surface area contributed by atoms with Crippen LogP contribution in [0, 0.1) is 0 Å². The molecule has 0 aromatic heterocycles. The van der Waals surface area contributed by atoms with Crippen LogP contribution in [0.25, 0.3) is 0 Å². The summed E-state index contributed by atoms with van der Waals surface area (Å²) in [6.07, 6.45) is -0.340. The van der Waals surface area contributed by atoms with Crippen molar-refractivity contribution in [1.29, 1.82) is 0 Å². The molecule has 0 spiro atoms. The summed E-state index contributed by atoms with van der Waals surface area (Å²) in [4.78, 5) is 42.8. The van der Waals surface area contributed by atoms with Crippen molar-refractivity contribution >= 4 is 23.7 Å². The third kappa shape index (κ3) is 2.80. The fourth-order valence-electron chi connectivity index (χ4n) is 1.95. The second-order valence-electron chi connectivity index (χ2n) is 4.16. The minimum absolute atomic E-state index is 0. The van der Waals surface area contributed by atoms with Gasteiger partial charge in [-0.15, -0.1) is 0 Å². The van der Waals surface area contributed by atoms with E-state index in [0.29, 0.717) is 5.06 Å². The van der Waals surface area contributed by atoms with Crippen molar-refractivity contribution in [2.75, 3.05) is 6.61 Å². The Morgan fingerprint density at radius 2 is 2.20 bits per heavy atom. The number of aliphatic carboxylic acids is 1. The topological polar surface area (TPSA) is 129 Å². The van der Waals surface area contributed by atoms with Crippen molar-refractivity contribution in [1.82, 2.24) is 5.06 Å². The van der Waals surface area contributed by atoms with Crippen LogP contribution in [-0.4, -0.2) is 52.3 Å². The van der Waals surface area contributed by atoms with E-state index in [1.165, 1.54) is 6.92 Å². The van der Waals surface area contributed by atoms with Crippen LogP contribution in [0.4, 0.5) is 0 Å². The van der Waals surface area contributed by atoms with Crippen LogP contribution in [0.3, 0.4) is 0 Å². The number of carboxylic acids is 1. The van der Waals surface area contributed by atoms with Crippen LogP contribution in [0.5, 0.6) is 0 Å². The van der Waals surface area contributed by atoms with E-state index in [-0.39, 0.29) is 49.0 Å². The summed E-state index contributed by atoms with van der Waals surface area (Å²) < 4.78 is 4.73. The maximum absolute atomic E-state index is 11.9. The summed E-state index contributed by atoms with van der Waals surface area (Å²) in [6.45, 7) is 0.906. The predicted molar refractivity (Wildman–Crippen MR) is 55.4 cm³/mol. The zero-order chi connectivity index (χ0) is 14.2. The molecule has 20 heavy (non-hydrogen) atoms. The molecular weight excluding hydrogens is 283 g/mol. The number of esters is 1. The third-order valence-electron chi connectivity index (χ3n) is 2.80. The third-order valence-corrected chi connectivity index (χ3v) is 2.80. The number of ether oxygens (including phenoxy) is 1. The molecule has 0 radical (unpaired) electrons. The first-order chi connectivity index (χ1) is 8.86. The van der Waals surface area contributed by atoms with E-state index >= 15 is 0 Å². The van der Waals surface area contributed by atoms with E-state index in [9.17, 15) is 24.6 Å².